The second-order valence-corrected chi connectivity index (χ2v) is 7.97. The molecular formula is C19H40. The first-order chi connectivity index (χ1) is 8.67. The van der Waals surface area contributed by atoms with Crippen LogP contribution in [0, 0.1) is 35.0 Å². The molecule has 116 valence electrons. The first-order valence-corrected chi connectivity index (χ1v) is 8.67. The van der Waals surface area contributed by atoms with Crippen molar-refractivity contribution in [3.63, 3.8) is 0 Å². The van der Waals surface area contributed by atoms with Crippen LogP contribution in [-0.4, -0.2) is 0 Å². The molecule has 0 saturated carbocycles. The van der Waals surface area contributed by atoms with E-state index >= 15 is 0 Å². The molecule has 0 aromatic carbocycles. The molecule has 0 aromatic rings. The molecule has 0 nitrogen and oxygen atoms in total. The molecule has 0 rings (SSSR count). The predicted molar refractivity (Wildman–Crippen MR) is 89.4 cm³/mol. The minimum atomic E-state index is 0.521. The molecule has 5 unspecified atom stereocenters. The van der Waals surface area contributed by atoms with Gasteiger partial charge in [-0.15, -0.1) is 0 Å². The summed E-state index contributed by atoms with van der Waals surface area (Å²) < 4.78 is 0. The molecule has 0 aliphatic carbocycles. The van der Waals surface area contributed by atoms with Gasteiger partial charge in [-0.25, -0.2) is 0 Å². The lowest BCUT2D eigenvalue weighted by molar-refractivity contribution is 0.0897. The van der Waals surface area contributed by atoms with Gasteiger partial charge in [-0.05, 0) is 47.8 Å². The zero-order valence-electron chi connectivity index (χ0n) is 15.2. The molecule has 0 fully saturated rings. The molecule has 0 spiro atoms. The monoisotopic (exact) mass is 268 g/mol. The highest BCUT2D eigenvalue weighted by Crippen LogP contribution is 2.44. The van der Waals surface area contributed by atoms with Crippen LogP contribution in [0.4, 0.5) is 0 Å². The standard InChI is InChI=1S/C19H40/c1-10-15(5)12-19(9,17(7)11-2)13-16(6)18(8)14(3)4/h14-18H,10-13H2,1-9H3. The first-order valence-electron chi connectivity index (χ1n) is 8.67. The number of hydrogen-bond donors (Lipinski definition) is 0. The first kappa shape index (κ1) is 19.0. The van der Waals surface area contributed by atoms with Crippen LogP contribution in [0.5, 0.6) is 0 Å². The van der Waals surface area contributed by atoms with Crippen molar-refractivity contribution in [1.82, 2.24) is 0 Å². The summed E-state index contributed by atoms with van der Waals surface area (Å²) in [6, 6.07) is 0. The molecule has 0 amide bonds. The Bertz CT molecular complexity index is 230. The summed E-state index contributed by atoms with van der Waals surface area (Å²) >= 11 is 0. The van der Waals surface area contributed by atoms with Gasteiger partial charge in [0.1, 0.15) is 0 Å². The Labute approximate surface area is 123 Å². The second kappa shape index (κ2) is 8.32. The highest BCUT2D eigenvalue weighted by molar-refractivity contribution is 4.84. The molecule has 0 heteroatoms. The number of rotatable bonds is 9. The van der Waals surface area contributed by atoms with Crippen LogP contribution in [0.15, 0.2) is 0 Å². The summed E-state index contributed by atoms with van der Waals surface area (Å²) in [5, 5.41) is 0. The topological polar surface area (TPSA) is 0 Å². The van der Waals surface area contributed by atoms with Gasteiger partial charge in [0.05, 0.1) is 0 Å². The fourth-order valence-electron chi connectivity index (χ4n) is 3.50. The van der Waals surface area contributed by atoms with Gasteiger partial charge < -0.3 is 0 Å². The van der Waals surface area contributed by atoms with Crippen LogP contribution in [-0.2, 0) is 0 Å². The molecule has 0 aliphatic rings. The Kier molecular flexibility index (Phi) is 8.32. The average molecular weight is 269 g/mol. The van der Waals surface area contributed by atoms with Crippen molar-refractivity contribution in [2.45, 2.75) is 88.0 Å². The third-order valence-corrected chi connectivity index (χ3v) is 6.05. The Morgan fingerprint density at radius 3 is 1.68 bits per heavy atom. The minimum absolute atomic E-state index is 0.521. The highest BCUT2D eigenvalue weighted by atomic mass is 14.4. The zero-order chi connectivity index (χ0) is 15.2. The summed E-state index contributed by atoms with van der Waals surface area (Å²) in [6.45, 7) is 21.8. The summed E-state index contributed by atoms with van der Waals surface area (Å²) in [5.41, 5.74) is 0.521. The lowest BCUT2D eigenvalue weighted by atomic mass is 9.64. The molecule has 0 heterocycles. The third kappa shape index (κ3) is 5.88. The van der Waals surface area contributed by atoms with Gasteiger partial charge in [0.25, 0.3) is 0 Å². The summed E-state index contributed by atoms with van der Waals surface area (Å²) in [5.74, 6) is 4.17. The van der Waals surface area contributed by atoms with E-state index in [1.165, 1.54) is 25.7 Å². The van der Waals surface area contributed by atoms with Crippen LogP contribution >= 0.6 is 0 Å². The van der Waals surface area contributed by atoms with Crippen molar-refractivity contribution in [2.75, 3.05) is 0 Å². The van der Waals surface area contributed by atoms with Gasteiger partial charge in [-0.3, -0.25) is 0 Å². The van der Waals surface area contributed by atoms with E-state index < -0.39 is 0 Å². The lowest BCUT2D eigenvalue weighted by Crippen LogP contribution is -2.32. The van der Waals surface area contributed by atoms with E-state index in [1.807, 2.05) is 0 Å². The SMILES string of the molecule is CCC(C)CC(C)(CC(C)C(C)C(C)C)C(C)CC. The predicted octanol–water partition coefficient (Wildman–Crippen LogP) is 6.79. The molecule has 0 radical (unpaired) electrons. The normalized spacial score (nSPS) is 21.8. The van der Waals surface area contributed by atoms with Crippen LogP contribution in [0.1, 0.15) is 88.0 Å². The average Bonchev–Trinajstić information content (AvgIpc) is 2.35. The quantitative estimate of drug-likeness (QED) is 0.431. The molecule has 0 bridgehead atoms. The van der Waals surface area contributed by atoms with Crippen molar-refractivity contribution >= 4 is 0 Å². The molecular weight excluding hydrogens is 228 g/mol. The van der Waals surface area contributed by atoms with Crippen molar-refractivity contribution < 1.29 is 0 Å². The highest BCUT2D eigenvalue weighted by Gasteiger charge is 2.34. The Morgan fingerprint density at radius 2 is 1.32 bits per heavy atom. The Morgan fingerprint density at radius 1 is 0.789 bits per heavy atom. The van der Waals surface area contributed by atoms with Crippen molar-refractivity contribution in [1.29, 1.82) is 0 Å². The lowest BCUT2D eigenvalue weighted by Gasteiger charge is -2.41. The van der Waals surface area contributed by atoms with E-state index in [2.05, 4.69) is 62.3 Å². The summed E-state index contributed by atoms with van der Waals surface area (Å²) in [7, 11) is 0. The van der Waals surface area contributed by atoms with Gasteiger partial charge in [-0.2, -0.15) is 0 Å². The van der Waals surface area contributed by atoms with Gasteiger partial charge in [0.2, 0.25) is 0 Å². The van der Waals surface area contributed by atoms with Crippen molar-refractivity contribution in [3.05, 3.63) is 0 Å². The van der Waals surface area contributed by atoms with Crippen LogP contribution in [0.25, 0.3) is 0 Å². The smallest absolute Gasteiger partial charge is 0.0295 e. The Balaban J connectivity index is 4.85. The molecule has 0 saturated heterocycles. The second-order valence-electron chi connectivity index (χ2n) is 7.97. The fraction of sp³-hybridized carbons (Fsp3) is 1.00. The van der Waals surface area contributed by atoms with E-state index in [4.69, 9.17) is 0 Å². The minimum Gasteiger partial charge on any atom is -0.0651 e. The van der Waals surface area contributed by atoms with Crippen LogP contribution in [0.3, 0.4) is 0 Å². The van der Waals surface area contributed by atoms with Gasteiger partial charge in [0, 0.05) is 0 Å². The van der Waals surface area contributed by atoms with E-state index in [9.17, 15) is 0 Å². The van der Waals surface area contributed by atoms with Gasteiger partial charge in [-0.1, -0.05) is 75.2 Å². The van der Waals surface area contributed by atoms with Crippen molar-refractivity contribution in [2.24, 2.45) is 35.0 Å². The van der Waals surface area contributed by atoms with E-state index in [0.717, 1.165) is 29.6 Å². The van der Waals surface area contributed by atoms with Gasteiger partial charge in [0.15, 0.2) is 0 Å². The molecule has 0 N–H and O–H groups in total. The zero-order valence-corrected chi connectivity index (χ0v) is 15.2. The Hall–Kier alpha value is 0. The number of hydrogen-bond acceptors (Lipinski definition) is 0. The fourth-order valence-corrected chi connectivity index (χ4v) is 3.50. The largest absolute Gasteiger partial charge is 0.0651 e. The summed E-state index contributed by atoms with van der Waals surface area (Å²) in [4.78, 5) is 0. The van der Waals surface area contributed by atoms with Gasteiger partial charge >= 0.3 is 0 Å². The molecule has 0 aliphatic heterocycles. The third-order valence-electron chi connectivity index (χ3n) is 6.05. The molecule has 19 heavy (non-hydrogen) atoms. The van der Waals surface area contributed by atoms with E-state index in [-0.39, 0.29) is 0 Å². The van der Waals surface area contributed by atoms with Crippen LogP contribution < -0.4 is 0 Å². The maximum atomic E-state index is 2.55. The van der Waals surface area contributed by atoms with E-state index in [1.54, 1.807) is 0 Å². The summed E-state index contributed by atoms with van der Waals surface area (Å²) in [6.07, 6.45) is 5.43. The maximum Gasteiger partial charge on any atom is -0.0295 e. The van der Waals surface area contributed by atoms with E-state index in [0.29, 0.717) is 5.41 Å². The maximum absolute atomic E-state index is 2.55. The molecule has 5 atom stereocenters. The van der Waals surface area contributed by atoms with Crippen LogP contribution in [0.2, 0.25) is 0 Å². The van der Waals surface area contributed by atoms with Crippen molar-refractivity contribution in [3.8, 4) is 0 Å². The molecule has 0 aromatic heterocycles.